The summed E-state index contributed by atoms with van der Waals surface area (Å²) < 4.78 is 0. The van der Waals surface area contributed by atoms with Crippen molar-refractivity contribution in [1.29, 1.82) is 0 Å². The molecule has 16 heavy (non-hydrogen) atoms. The molecule has 1 amide bonds. The van der Waals surface area contributed by atoms with Gasteiger partial charge in [0.1, 0.15) is 18.0 Å². The number of aromatic nitrogens is 2. The Labute approximate surface area is 94.5 Å². The fraction of sp³-hybridized carbons (Fsp3) is 0.545. The summed E-state index contributed by atoms with van der Waals surface area (Å²) in [6.07, 6.45) is 2.32. The van der Waals surface area contributed by atoms with E-state index < -0.39 is 0 Å². The molecule has 1 fully saturated rings. The molecule has 0 saturated heterocycles. The van der Waals surface area contributed by atoms with E-state index in [0.29, 0.717) is 23.5 Å². The van der Waals surface area contributed by atoms with Gasteiger partial charge in [-0.25, -0.2) is 9.97 Å². The Morgan fingerprint density at radius 1 is 1.56 bits per heavy atom. The van der Waals surface area contributed by atoms with Crippen molar-refractivity contribution < 1.29 is 4.79 Å². The van der Waals surface area contributed by atoms with Gasteiger partial charge in [-0.3, -0.25) is 4.79 Å². The highest BCUT2D eigenvalue weighted by atomic mass is 16.2. The van der Waals surface area contributed by atoms with E-state index in [0.717, 1.165) is 6.42 Å². The van der Waals surface area contributed by atoms with Crippen LogP contribution in [0, 0.1) is 17.8 Å². The Balaban J connectivity index is 1.94. The topological polar surface area (TPSA) is 80.9 Å². The lowest BCUT2D eigenvalue weighted by atomic mass is 10.1. The van der Waals surface area contributed by atoms with Crippen molar-refractivity contribution in [3.63, 3.8) is 0 Å². The SMILES string of the molecule is CC(C)C1CC1C(=O)Nc1cc(N)ncn1. The van der Waals surface area contributed by atoms with Gasteiger partial charge in [-0.1, -0.05) is 13.8 Å². The molecular formula is C11H16N4O. The number of rotatable bonds is 3. The first kappa shape index (κ1) is 10.9. The van der Waals surface area contributed by atoms with E-state index in [9.17, 15) is 4.79 Å². The van der Waals surface area contributed by atoms with Crippen molar-refractivity contribution in [2.75, 3.05) is 11.1 Å². The average molecular weight is 220 g/mol. The Kier molecular flexibility index (Phi) is 2.77. The van der Waals surface area contributed by atoms with Crippen molar-refractivity contribution in [1.82, 2.24) is 9.97 Å². The smallest absolute Gasteiger partial charge is 0.228 e. The fourth-order valence-corrected chi connectivity index (χ4v) is 1.91. The highest BCUT2D eigenvalue weighted by Crippen LogP contribution is 2.44. The van der Waals surface area contributed by atoms with Gasteiger partial charge in [0, 0.05) is 12.0 Å². The summed E-state index contributed by atoms with van der Waals surface area (Å²) in [5, 5.41) is 2.76. The number of hydrogen-bond acceptors (Lipinski definition) is 4. The first-order chi connectivity index (χ1) is 7.58. The Bertz CT molecular complexity index is 405. The third-order valence-electron chi connectivity index (χ3n) is 2.97. The van der Waals surface area contributed by atoms with Crippen LogP contribution in [0.25, 0.3) is 0 Å². The van der Waals surface area contributed by atoms with Crippen molar-refractivity contribution in [3.05, 3.63) is 12.4 Å². The average Bonchev–Trinajstić information content (AvgIpc) is 2.96. The molecule has 2 rings (SSSR count). The van der Waals surface area contributed by atoms with Gasteiger partial charge in [-0.15, -0.1) is 0 Å². The summed E-state index contributed by atoms with van der Waals surface area (Å²) in [6.45, 7) is 4.28. The number of anilines is 2. The van der Waals surface area contributed by atoms with Gasteiger partial charge in [-0.05, 0) is 18.3 Å². The van der Waals surface area contributed by atoms with Crippen LogP contribution in [0.2, 0.25) is 0 Å². The maximum absolute atomic E-state index is 11.8. The van der Waals surface area contributed by atoms with Crippen LogP contribution in [0.15, 0.2) is 12.4 Å². The summed E-state index contributed by atoms with van der Waals surface area (Å²) in [4.78, 5) is 19.5. The second kappa shape index (κ2) is 4.08. The minimum Gasteiger partial charge on any atom is -0.384 e. The molecule has 1 aliphatic carbocycles. The zero-order valence-electron chi connectivity index (χ0n) is 9.47. The van der Waals surface area contributed by atoms with Crippen molar-refractivity contribution >= 4 is 17.5 Å². The van der Waals surface area contributed by atoms with Crippen LogP contribution in [0.3, 0.4) is 0 Å². The second-order valence-electron chi connectivity index (χ2n) is 4.57. The van der Waals surface area contributed by atoms with E-state index in [4.69, 9.17) is 5.73 Å². The zero-order chi connectivity index (χ0) is 11.7. The van der Waals surface area contributed by atoms with Crippen LogP contribution in [-0.4, -0.2) is 15.9 Å². The van der Waals surface area contributed by atoms with Crippen LogP contribution in [0.4, 0.5) is 11.6 Å². The van der Waals surface area contributed by atoms with Crippen molar-refractivity contribution in [2.24, 2.45) is 17.8 Å². The molecule has 0 bridgehead atoms. The standard InChI is InChI=1S/C11H16N4O/c1-6(2)7-3-8(7)11(16)15-10-4-9(12)13-5-14-10/h4-8H,3H2,1-2H3,(H3,12,13,14,15,16). The monoisotopic (exact) mass is 220 g/mol. The first-order valence-electron chi connectivity index (χ1n) is 5.46. The third-order valence-corrected chi connectivity index (χ3v) is 2.97. The molecule has 0 aliphatic heterocycles. The molecule has 1 saturated carbocycles. The number of nitrogen functional groups attached to an aromatic ring is 1. The van der Waals surface area contributed by atoms with E-state index in [2.05, 4.69) is 29.1 Å². The van der Waals surface area contributed by atoms with Gasteiger partial charge < -0.3 is 11.1 Å². The second-order valence-corrected chi connectivity index (χ2v) is 4.57. The fourth-order valence-electron chi connectivity index (χ4n) is 1.91. The number of carbonyl (C=O) groups excluding carboxylic acids is 1. The lowest BCUT2D eigenvalue weighted by Crippen LogP contribution is -2.17. The number of carbonyl (C=O) groups is 1. The normalized spacial score (nSPS) is 23.2. The molecule has 1 aromatic heterocycles. The largest absolute Gasteiger partial charge is 0.384 e. The molecule has 5 nitrogen and oxygen atoms in total. The number of amides is 1. The predicted octanol–water partition coefficient (Wildman–Crippen LogP) is 1.29. The maximum atomic E-state index is 11.8. The first-order valence-corrected chi connectivity index (χ1v) is 5.46. The Hall–Kier alpha value is -1.65. The van der Waals surface area contributed by atoms with Crippen LogP contribution in [0.5, 0.6) is 0 Å². The summed E-state index contributed by atoms with van der Waals surface area (Å²) in [5.41, 5.74) is 5.50. The van der Waals surface area contributed by atoms with E-state index in [1.165, 1.54) is 6.33 Å². The van der Waals surface area contributed by atoms with Gasteiger partial charge in [0.05, 0.1) is 0 Å². The predicted molar refractivity (Wildman–Crippen MR) is 61.5 cm³/mol. The molecule has 1 aliphatic rings. The molecule has 0 radical (unpaired) electrons. The van der Waals surface area contributed by atoms with Gasteiger partial charge in [0.15, 0.2) is 0 Å². The number of nitrogens with one attached hydrogen (secondary N) is 1. The van der Waals surface area contributed by atoms with E-state index in [1.54, 1.807) is 6.07 Å². The summed E-state index contributed by atoms with van der Waals surface area (Å²) in [5.74, 6) is 2.09. The molecular weight excluding hydrogens is 204 g/mol. The highest BCUT2D eigenvalue weighted by molar-refractivity contribution is 5.93. The molecule has 2 atom stereocenters. The van der Waals surface area contributed by atoms with E-state index >= 15 is 0 Å². The van der Waals surface area contributed by atoms with Crippen molar-refractivity contribution in [2.45, 2.75) is 20.3 Å². The molecule has 0 spiro atoms. The summed E-state index contributed by atoms with van der Waals surface area (Å²) in [6, 6.07) is 1.56. The third kappa shape index (κ3) is 2.29. The zero-order valence-corrected chi connectivity index (χ0v) is 9.47. The lowest BCUT2D eigenvalue weighted by Gasteiger charge is -2.05. The maximum Gasteiger partial charge on any atom is 0.228 e. The van der Waals surface area contributed by atoms with Gasteiger partial charge in [0.25, 0.3) is 0 Å². The Morgan fingerprint density at radius 2 is 2.31 bits per heavy atom. The quantitative estimate of drug-likeness (QED) is 0.804. The molecule has 2 unspecified atom stereocenters. The van der Waals surface area contributed by atoms with Gasteiger partial charge in [-0.2, -0.15) is 0 Å². The Morgan fingerprint density at radius 3 is 2.88 bits per heavy atom. The van der Waals surface area contributed by atoms with E-state index in [1.807, 2.05) is 0 Å². The minimum atomic E-state index is 0.0387. The lowest BCUT2D eigenvalue weighted by molar-refractivity contribution is -0.117. The van der Waals surface area contributed by atoms with Crippen molar-refractivity contribution in [3.8, 4) is 0 Å². The molecule has 0 aromatic carbocycles. The highest BCUT2D eigenvalue weighted by Gasteiger charge is 2.44. The summed E-state index contributed by atoms with van der Waals surface area (Å²) in [7, 11) is 0. The van der Waals surface area contributed by atoms with Gasteiger partial charge >= 0.3 is 0 Å². The van der Waals surface area contributed by atoms with E-state index in [-0.39, 0.29) is 11.8 Å². The molecule has 86 valence electrons. The van der Waals surface area contributed by atoms with Crippen LogP contribution in [0.1, 0.15) is 20.3 Å². The van der Waals surface area contributed by atoms with Gasteiger partial charge in [0.2, 0.25) is 5.91 Å². The molecule has 1 heterocycles. The van der Waals surface area contributed by atoms with Crippen LogP contribution < -0.4 is 11.1 Å². The molecule has 1 aromatic rings. The molecule has 3 N–H and O–H groups in total. The summed E-state index contributed by atoms with van der Waals surface area (Å²) >= 11 is 0. The minimum absolute atomic E-state index is 0.0387. The van der Waals surface area contributed by atoms with Crippen LogP contribution >= 0.6 is 0 Å². The number of hydrogen-bond donors (Lipinski definition) is 2. The molecule has 5 heteroatoms. The number of nitrogens with zero attached hydrogens (tertiary/aromatic N) is 2. The van der Waals surface area contributed by atoms with Crippen LogP contribution in [-0.2, 0) is 4.79 Å². The number of nitrogens with two attached hydrogens (primary N) is 1.